The number of likely N-dealkylation sites (N-methyl/N-ethyl adjacent to an activating group) is 1. The number of hydrogen-bond acceptors (Lipinski definition) is 5. The van der Waals surface area contributed by atoms with Crippen LogP contribution in [-0.4, -0.2) is 61.8 Å². The summed E-state index contributed by atoms with van der Waals surface area (Å²) in [6, 6.07) is 5.26. The topological polar surface area (TPSA) is 83.0 Å². The summed E-state index contributed by atoms with van der Waals surface area (Å²) >= 11 is 0. The number of nitrogens with zero attached hydrogens (tertiary/aromatic N) is 2. The van der Waals surface area contributed by atoms with Gasteiger partial charge < -0.3 is 20.4 Å². The molecule has 0 fully saturated rings. The van der Waals surface area contributed by atoms with Crippen LogP contribution in [0.15, 0.2) is 29.4 Å². The molecule has 136 valence electrons. The van der Waals surface area contributed by atoms with Crippen LogP contribution in [0.5, 0.6) is 0 Å². The fraction of sp³-hybridized carbons (Fsp3) is 0.471. The minimum absolute atomic E-state index is 0.226. The Morgan fingerprint density at radius 1 is 1.44 bits per heavy atom. The normalized spacial score (nSPS) is 17.6. The van der Waals surface area contributed by atoms with E-state index in [1.165, 1.54) is 12.1 Å². The van der Waals surface area contributed by atoms with Gasteiger partial charge in [0.2, 0.25) is 12.0 Å². The van der Waals surface area contributed by atoms with Gasteiger partial charge in [-0.3, -0.25) is 9.59 Å². The molecule has 1 aliphatic heterocycles. The van der Waals surface area contributed by atoms with Crippen LogP contribution < -0.4 is 10.6 Å². The smallest absolute Gasteiger partial charge is 0.264 e. The lowest BCUT2D eigenvalue weighted by Gasteiger charge is -2.17. The molecule has 0 spiro atoms. The lowest BCUT2D eigenvalue weighted by Crippen LogP contribution is -2.49. The lowest BCUT2D eigenvalue weighted by atomic mass is 10.0. The molecule has 2 amide bonds. The number of benzene rings is 1. The van der Waals surface area contributed by atoms with Crippen LogP contribution in [0.25, 0.3) is 0 Å². The molecule has 0 aromatic heterocycles. The van der Waals surface area contributed by atoms with Crippen molar-refractivity contribution in [1.29, 1.82) is 0 Å². The molecular weight excluding hydrogens is 327 g/mol. The highest BCUT2D eigenvalue weighted by Crippen LogP contribution is 2.17. The maximum absolute atomic E-state index is 13.3. The van der Waals surface area contributed by atoms with Gasteiger partial charge in [0.25, 0.3) is 5.91 Å². The Balaban J connectivity index is 1.81. The molecule has 1 heterocycles. The zero-order valence-corrected chi connectivity index (χ0v) is 14.6. The van der Waals surface area contributed by atoms with Crippen LogP contribution in [0.2, 0.25) is 0 Å². The third kappa shape index (κ3) is 5.53. The average Bonchev–Trinajstić information content (AvgIpc) is 3.04. The van der Waals surface area contributed by atoms with Gasteiger partial charge in [0.05, 0.1) is 5.71 Å². The van der Waals surface area contributed by atoms with Crippen LogP contribution in [0.4, 0.5) is 4.39 Å². The molecule has 0 bridgehead atoms. The Hall–Kier alpha value is -2.48. The average molecular weight is 350 g/mol. The number of carbonyl (C=O) groups is 2. The van der Waals surface area contributed by atoms with Crippen LogP contribution in [0.3, 0.4) is 0 Å². The molecule has 25 heavy (non-hydrogen) atoms. The first-order valence-electron chi connectivity index (χ1n) is 8.08. The number of halogens is 1. The van der Waals surface area contributed by atoms with E-state index in [2.05, 4.69) is 15.8 Å². The number of oxime groups is 1. The van der Waals surface area contributed by atoms with E-state index in [9.17, 15) is 14.0 Å². The van der Waals surface area contributed by atoms with Crippen molar-refractivity contribution in [3.05, 3.63) is 35.6 Å². The predicted molar refractivity (Wildman–Crippen MR) is 91.6 cm³/mol. The Morgan fingerprint density at radius 3 is 2.88 bits per heavy atom. The van der Waals surface area contributed by atoms with E-state index in [0.29, 0.717) is 24.4 Å². The van der Waals surface area contributed by atoms with Crippen LogP contribution in [0, 0.1) is 5.82 Å². The molecule has 0 saturated carbocycles. The van der Waals surface area contributed by atoms with E-state index in [1.54, 1.807) is 19.1 Å². The van der Waals surface area contributed by atoms with Gasteiger partial charge in [-0.05, 0) is 33.2 Å². The van der Waals surface area contributed by atoms with Gasteiger partial charge in [0.15, 0.2) is 0 Å². The Labute approximate surface area is 146 Å². The first-order chi connectivity index (χ1) is 11.9. The molecule has 8 heteroatoms. The van der Waals surface area contributed by atoms with E-state index >= 15 is 0 Å². The van der Waals surface area contributed by atoms with Gasteiger partial charge in [-0.15, -0.1) is 0 Å². The molecule has 2 N–H and O–H groups in total. The number of hydrogen-bond donors (Lipinski definition) is 2. The highest BCUT2D eigenvalue weighted by molar-refractivity contribution is 6.04. The molecular formula is C17H23FN4O3. The molecule has 1 aromatic rings. The summed E-state index contributed by atoms with van der Waals surface area (Å²) in [7, 11) is 3.82. The van der Waals surface area contributed by atoms with Gasteiger partial charge in [-0.25, -0.2) is 4.39 Å². The second-order valence-corrected chi connectivity index (χ2v) is 6.17. The predicted octanol–water partition coefficient (Wildman–Crippen LogP) is 0.501. The van der Waals surface area contributed by atoms with Crippen molar-refractivity contribution in [2.24, 2.45) is 5.16 Å². The maximum atomic E-state index is 13.3. The van der Waals surface area contributed by atoms with E-state index in [4.69, 9.17) is 4.84 Å². The zero-order valence-electron chi connectivity index (χ0n) is 14.6. The number of nitrogens with one attached hydrogen (secondary N) is 2. The van der Waals surface area contributed by atoms with E-state index < -0.39 is 18.1 Å². The molecule has 2 rings (SSSR count). The number of amides is 2. The van der Waals surface area contributed by atoms with Crippen molar-refractivity contribution in [2.45, 2.75) is 25.5 Å². The fourth-order valence-electron chi connectivity index (χ4n) is 2.28. The maximum Gasteiger partial charge on any atom is 0.264 e. The van der Waals surface area contributed by atoms with Gasteiger partial charge >= 0.3 is 0 Å². The number of carbonyl (C=O) groups excluding carboxylic acids is 2. The third-order valence-electron chi connectivity index (χ3n) is 3.73. The Bertz CT molecular complexity index is 663. The summed E-state index contributed by atoms with van der Waals surface area (Å²) in [4.78, 5) is 31.2. The highest BCUT2D eigenvalue weighted by Gasteiger charge is 2.30. The van der Waals surface area contributed by atoms with Crippen LogP contribution in [-0.2, 0) is 14.4 Å². The van der Waals surface area contributed by atoms with Gasteiger partial charge in [-0.2, -0.15) is 0 Å². The molecule has 2 atom stereocenters. The standard InChI is InChI=1S/C17H23FN4O3/c1-11(16(23)19-7-8-22(2)3)20-17(24)15-10-14(21-25-15)12-5-4-6-13(18)9-12/h4-6,9,11,15H,7-8,10H2,1-3H3,(H,19,23)(H,20,24). The van der Waals surface area contributed by atoms with E-state index in [-0.39, 0.29) is 18.1 Å². The monoisotopic (exact) mass is 350 g/mol. The molecule has 1 aromatic carbocycles. The second-order valence-electron chi connectivity index (χ2n) is 6.17. The van der Waals surface area contributed by atoms with E-state index in [0.717, 1.165) is 0 Å². The van der Waals surface area contributed by atoms with Crippen molar-refractivity contribution in [3.8, 4) is 0 Å². The van der Waals surface area contributed by atoms with Gasteiger partial charge in [0.1, 0.15) is 11.9 Å². The van der Waals surface area contributed by atoms with Gasteiger partial charge in [-0.1, -0.05) is 17.3 Å². The molecule has 0 saturated heterocycles. The first kappa shape index (κ1) is 18.9. The van der Waals surface area contributed by atoms with Crippen LogP contribution >= 0.6 is 0 Å². The first-order valence-corrected chi connectivity index (χ1v) is 8.08. The van der Waals surface area contributed by atoms with Crippen molar-refractivity contribution < 1.29 is 18.8 Å². The van der Waals surface area contributed by atoms with Crippen molar-refractivity contribution in [2.75, 3.05) is 27.2 Å². The molecule has 0 aliphatic carbocycles. The quantitative estimate of drug-likeness (QED) is 0.750. The minimum Gasteiger partial charge on any atom is -0.382 e. The summed E-state index contributed by atoms with van der Waals surface area (Å²) < 4.78 is 13.3. The summed E-state index contributed by atoms with van der Waals surface area (Å²) in [5.74, 6) is -1.07. The summed E-state index contributed by atoms with van der Waals surface area (Å²) in [6.45, 7) is 2.81. The molecule has 1 aliphatic rings. The highest BCUT2D eigenvalue weighted by atomic mass is 19.1. The summed E-state index contributed by atoms with van der Waals surface area (Å²) in [6.07, 6.45) is -0.597. The molecule has 0 radical (unpaired) electrons. The second kappa shape index (κ2) is 8.57. The van der Waals surface area contributed by atoms with Crippen molar-refractivity contribution in [3.63, 3.8) is 0 Å². The molecule has 2 unspecified atom stereocenters. The van der Waals surface area contributed by atoms with Gasteiger partial charge in [0, 0.05) is 25.1 Å². The SMILES string of the molecule is CC(NC(=O)C1CC(c2cccc(F)c2)=NO1)C(=O)NCCN(C)C. The largest absolute Gasteiger partial charge is 0.382 e. The number of rotatable bonds is 7. The van der Waals surface area contributed by atoms with Crippen LogP contribution in [0.1, 0.15) is 18.9 Å². The Kier molecular flexibility index (Phi) is 6.46. The Morgan fingerprint density at radius 2 is 2.20 bits per heavy atom. The minimum atomic E-state index is -0.824. The lowest BCUT2D eigenvalue weighted by molar-refractivity contribution is -0.135. The zero-order chi connectivity index (χ0) is 18.4. The fourth-order valence-corrected chi connectivity index (χ4v) is 2.28. The van der Waals surface area contributed by atoms with Crippen molar-refractivity contribution >= 4 is 17.5 Å². The third-order valence-corrected chi connectivity index (χ3v) is 3.73. The van der Waals surface area contributed by atoms with Crippen molar-refractivity contribution in [1.82, 2.24) is 15.5 Å². The summed E-state index contributed by atoms with van der Waals surface area (Å²) in [5.41, 5.74) is 1.08. The summed E-state index contributed by atoms with van der Waals surface area (Å²) in [5, 5.41) is 9.20. The van der Waals surface area contributed by atoms with E-state index in [1.807, 2.05) is 19.0 Å². The molecule has 7 nitrogen and oxygen atoms in total.